The van der Waals surface area contributed by atoms with Crippen molar-refractivity contribution >= 4 is 5.78 Å². The molecule has 20 heavy (non-hydrogen) atoms. The SMILES string of the molecule is CCn1cncc1CN1CCCC1C1CCCCC1=O. The van der Waals surface area contributed by atoms with Crippen LogP contribution in [0.3, 0.4) is 0 Å². The fourth-order valence-electron chi connectivity index (χ4n) is 3.89. The highest BCUT2D eigenvalue weighted by Gasteiger charge is 2.36. The maximum absolute atomic E-state index is 12.2. The first kappa shape index (κ1) is 13.8. The van der Waals surface area contributed by atoms with Crippen LogP contribution < -0.4 is 0 Å². The highest BCUT2D eigenvalue weighted by atomic mass is 16.1. The van der Waals surface area contributed by atoms with Gasteiger partial charge in [-0.3, -0.25) is 9.69 Å². The lowest BCUT2D eigenvalue weighted by Crippen LogP contribution is -2.40. The number of Topliss-reactive ketones (excluding diaryl/α,β-unsaturated/α-hetero) is 1. The van der Waals surface area contributed by atoms with Gasteiger partial charge in [-0.1, -0.05) is 6.42 Å². The lowest BCUT2D eigenvalue weighted by atomic mass is 9.82. The van der Waals surface area contributed by atoms with Gasteiger partial charge in [-0.15, -0.1) is 0 Å². The van der Waals surface area contributed by atoms with Crippen molar-refractivity contribution in [2.75, 3.05) is 6.54 Å². The van der Waals surface area contributed by atoms with E-state index in [0.717, 1.165) is 38.9 Å². The lowest BCUT2D eigenvalue weighted by Gasteiger charge is -2.33. The van der Waals surface area contributed by atoms with E-state index in [9.17, 15) is 4.79 Å². The molecular formula is C16H25N3O. The Balaban J connectivity index is 1.70. The van der Waals surface area contributed by atoms with E-state index < -0.39 is 0 Å². The Labute approximate surface area is 121 Å². The molecule has 0 bridgehead atoms. The van der Waals surface area contributed by atoms with E-state index in [-0.39, 0.29) is 0 Å². The Morgan fingerprint density at radius 2 is 2.20 bits per heavy atom. The second-order valence-electron chi connectivity index (χ2n) is 6.17. The topological polar surface area (TPSA) is 38.1 Å². The molecule has 2 aliphatic rings. The third kappa shape index (κ3) is 2.66. The molecule has 1 aliphatic carbocycles. The van der Waals surface area contributed by atoms with E-state index >= 15 is 0 Å². The molecule has 1 saturated carbocycles. The number of likely N-dealkylation sites (tertiary alicyclic amines) is 1. The van der Waals surface area contributed by atoms with Crippen molar-refractivity contribution < 1.29 is 4.79 Å². The van der Waals surface area contributed by atoms with Crippen LogP contribution in [0.1, 0.15) is 51.1 Å². The molecular weight excluding hydrogens is 250 g/mol. The van der Waals surface area contributed by atoms with Gasteiger partial charge in [0.25, 0.3) is 0 Å². The van der Waals surface area contributed by atoms with Crippen LogP contribution in [0, 0.1) is 5.92 Å². The van der Waals surface area contributed by atoms with Crippen LogP contribution in [-0.4, -0.2) is 32.8 Å². The third-order valence-corrected chi connectivity index (χ3v) is 4.98. The maximum Gasteiger partial charge on any atom is 0.137 e. The second-order valence-corrected chi connectivity index (χ2v) is 6.17. The normalized spacial score (nSPS) is 28.1. The summed E-state index contributed by atoms with van der Waals surface area (Å²) in [4.78, 5) is 19.0. The molecule has 2 heterocycles. The molecule has 110 valence electrons. The van der Waals surface area contributed by atoms with Gasteiger partial charge in [-0.05, 0) is 39.2 Å². The van der Waals surface area contributed by atoms with Crippen LogP contribution in [0.2, 0.25) is 0 Å². The van der Waals surface area contributed by atoms with Crippen molar-refractivity contribution in [2.24, 2.45) is 5.92 Å². The number of hydrogen-bond acceptors (Lipinski definition) is 3. The minimum atomic E-state index is 0.296. The van der Waals surface area contributed by atoms with Gasteiger partial charge in [0.05, 0.1) is 12.0 Å². The van der Waals surface area contributed by atoms with Crippen LogP contribution in [-0.2, 0) is 17.9 Å². The number of ketones is 1. The molecule has 0 radical (unpaired) electrons. The van der Waals surface area contributed by atoms with E-state index in [4.69, 9.17) is 0 Å². The second kappa shape index (κ2) is 6.08. The molecule has 4 heteroatoms. The van der Waals surface area contributed by atoms with E-state index in [1.54, 1.807) is 0 Å². The highest BCUT2D eigenvalue weighted by molar-refractivity contribution is 5.82. The largest absolute Gasteiger partial charge is 0.334 e. The van der Waals surface area contributed by atoms with Crippen molar-refractivity contribution in [3.05, 3.63) is 18.2 Å². The molecule has 0 aromatic carbocycles. The Morgan fingerprint density at radius 3 is 3.00 bits per heavy atom. The predicted molar refractivity (Wildman–Crippen MR) is 78.3 cm³/mol. The summed E-state index contributed by atoms with van der Waals surface area (Å²) in [7, 11) is 0. The van der Waals surface area contributed by atoms with Gasteiger partial charge >= 0.3 is 0 Å². The average Bonchev–Trinajstić information content (AvgIpc) is 3.09. The van der Waals surface area contributed by atoms with E-state index in [2.05, 4.69) is 21.4 Å². The van der Waals surface area contributed by atoms with Gasteiger partial charge in [0.1, 0.15) is 5.78 Å². The first-order valence-corrected chi connectivity index (χ1v) is 8.05. The van der Waals surface area contributed by atoms with Gasteiger partial charge in [-0.2, -0.15) is 0 Å². The Hall–Kier alpha value is -1.16. The number of aromatic nitrogens is 2. The number of rotatable bonds is 4. The monoisotopic (exact) mass is 275 g/mol. The predicted octanol–water partition coefficient (Wildman–Crippen LogP) is 2.63. The number of carbonyl (C=O) groups excluding carboxylic acids is 1. The van der Waals surface area contributed by atoms with Gasteiger partial charge in [-0.25, -0.2) is 4.98 Å². The van der Waals surface area contributed by atoms with E-state index in [1.807, 2.05) is 12.5 Å². The Bertz CT molecular complexity index is 468. The van der Waals surface area contributed by atoms with Crippen LogP contribution >= 0.6 is 0 Å². The van der Waals surface area contributed by atoms with Gasteiger partial charge < -0.3 is 4.57 Å². The van der Waals surface area contributed by atoms with Crippen molar-refractivity contribution in [3.8, 4) is 0 Å². The average molecular weight is 275 g/mol. The molecule has 0 amide bonds. The summed E-state index contributed by atoms with van der Waals surface area (Å²) in [6.07, 6.45) is 10.5. The Kier molecular flexibility index (Phi) is 4.20. The molecule has 3 rings (SSSR count). The summed E-state index contributed by atoms with van der Waals surface area (Å²) in [5.41, 5.74) is 1.28. The van der Waals surface area contributed by atoms with Crippen LogP contribution in [0.15, 0.2) is 12.5 Å². The number of aryl methyl sites for hydroxylation is 1. The molecule has 1 aromatic heterocycles. The number of hydrogen-bond donors (Lipinski definition) is 0. The summed E-state index contributed by atoms with van der Waals surface area (Å²) in [6.45, 7) is 5.19. The molecule has 1 saturated heterocycles. The smallest absolute Gasteiger partial charge is 0.137 e. The fourth-order valence-corrected chi connectivity index (χ4v) is 3.89. The lowest BCUT2D eigenvalue weighted by molar-refractivity contribution is -0.126. The first-order valence-electron chi connectivity index (χ1n) is 8.05. The standard InChI is InChI=1S/C16H25N3O/c1-2-18-12-17-10-13(18)11-19-9-5-7-15(19)14-6-3-4-8-16(14)20/h10,12,14-15H,2-9,11H2,1H3. The number of carbonyl (C=O) groups is 1. The summed E-state index contributed by atoms with van der Waals surface area (Å²) in [5, 5.41) is 0. The number of nitrogens with zero attached hydrogens (tertiary/aromatic N) is 3. The summed E-state index contributed by atoms with van der Waals surface area (Å²) < 4.78 is 2.21. The van der Waals surface area contributed by atoms with Crippen LogP contribution in [0.4, 0.5) is 0 Å². The van der Waals surface area contributed by atoms with E-state index in [0.29, 0.717) is 17.7 Å². The van der Waals surface area contributed by atoms with Crippen LogP contribution in [0.5, 0.6) is 0 Å². The van der Waals surface area contributed by atoms with Gasteiger partial charge in [0.15, 0.2) is 0 Å². The van der Waals surface area contributed by atoms with Crippen LogP contribution in [0.25, 0.3) is 0 Å². The zero-order valence-corrected chi connectivity index (χ0v) is 12.4. The van der Waals surface area contributed by atoms with E-state index in [1.165, 1.54) is 25.0 Å². The van der Waals surface area contributed by atoms with Crippen molar-refractivity contribution in [1.82, 2.24) is 14.5 Å². The van der Waals surface area contributed by atoms with Crippen molar-refractivity contribution in [3.63, 3.8) is 0 Å². The first-order chi connectivity index (χ1) is 9.79. The quantitative estimate of drug-likeness (QED) is 0.848. The molecule has 4 nitrogen and oxygen atoms in total. The summed E-state index contributed by atoms with van der Waals surface area (Å²) in [5.74, 6) is 0.807. The molecule has 2 unspecified atom stereocenters. The Morgan fingerprint density at radius 1 is 1.30 bits per heavy atom. The molecule has 0 spiro atoms. The molecule has 2 atom stereocenters. The fraction of sp³-hybridized carbons (Fsp3) is 0.750. The van der Waals surface area contributed by atoms with Crippen molar-refractivity contribution in [1.29, 1.82) is 0 Å². The zero-order valence-electron chi connectivity index (χ0n) is 12.4. The minimum Gasteiger partial charge on any atom is -0.334 e. The minimum absolute atomic E-state index is 0.296. The van der Waals surface area contributed by atoms with Crippen molar-refractivity contribution in [2.45, 2.75) is 64.6 Å². The van der Waals surface area contributed by atoms with Gasteiger partial charge in [0.2, 0.25) is 0 Å². The molecule has 1 aliphatic heterocycles. The third-order valence-electron chi connectivity index (χ3n) is 4.98. The number of imidazole rings is 1. The zero-order chi connectivity index (χ0) is 13.9. The highest BCUT2D eigenvalue weighted by Crippen LogP contribution is 2.33. The molecule has 0 N–H and O–H groups in total. The summed E-state index contributed by atoms with van der Waals surface area (Å²) in [6, 6.07) is 0.475. The maximum atomic E-state index is 12.2. The summed E-state index contributed by atoms with van der Waals surface area (Å²) >= 11 is 0. The molecule has 2 fully saturated rings. The van der Waals surface area contributed by atoms with Gasteiger partial charge in [0, 0.05) is 37.7 Å². The molecule has 1 aromatic rings.